The van der Waals surface area contributed by atoms with Gasteiger partial charge in [0.1, 0.15) is 0 Å². The van der Waals surface area contributed by atoms with Crippen LogP contribution < -0.4 is 10.6 Å². The lowest BCUT2D eigenvalue weighted by Gasteiger charge is -2.17. The average Bonchev–Trinajstić information content (AvgIpc) is 3.24. The van der Waals surface area contributed by atoms with Crippen LogP contribution in [0.1, 0.15) is 44.1 Å². The lowest BCUT2D eigenvalue weighted by molar-refractivity contribution is -0.123. The molecule has 8 heteroatoms. The molecule has 0 saturated carbocycles. The van der Waals surface area contributed by atoms with E-state index in [1.165, 1.54) is 11.3 Å². The molecule has 2 aromatic heterocycles. The summed E-state index contributed by atoms with van der Waals surface area (Å²) in [5, 5.41) is 12.7. The lowest BCUT2D eigenvalue weighted by atomic mass is 9.95. The molecule has 2 heterocycles. The minimum absolute atomic E-state index is 0.0319. The molecule has 0 radical (unpaired) electrons. The van der Waals surface area contributed by atoms with Gasteiger partial charge in [0.15, 0.2) is 5.13 Å². The maximum absolute atomic E-state index is 12.4. The van der Waals surface area contributed by atoms with E-state index in [-0.39, 0.29) is 11.8 Å². The molecule has 0 spiro atoms. The van der Waals surface area contributed by atoms with E-state index in [0.29, 0.717) is 18.0 Å². The number of benzene rings is 1. The van der Waals surface area contributed by atoms with Gasteiger partial charge >= 0.3 is 0 Å². The molecule has 0 aliphatic heterocycles. The number of rotatable bonds is 6. The first-order chi connectivity index (χ1) is 14.5. The Morgan fingerprint density at radius 3 is 2.35 bits per heavy atom. The number of nitrogens with zero attached hydrogens (tertiary/aromatic N) is 3. The normalized spacial score (nSPS) is 11.4. The molecule has 164 valence electrons. The third kappa shape index (κ3) is 5.58. The molecular formula is C23H29N5O2S. The number of hydrogen-bond acceptors (Lipinski definition) is 5. The number of nitrogens with one attached hydrogen (secondary N) is 2. The van der Waals surface area contributed by atoms with Gasteiger partial charge < -0.3 is 10.6 Å². The van der Waals surface area contributed by atoms with Crippen LogP contribution >= 0.6 is 11.3 Å². The topological polar surface area (TPSA) is 88.9 Å². The number of carbonyl (C=O) groups is 2. The number of amides is 2. The molecule has 1 aromatic carbocycles. The van der Waals surface area contributed by atoms with Crippen LogP contribution in [0.5, 0.6) is 0 Å². The summed E-state index contributed by atoms with van der Waals surface area (Å²) in [6.45, 7) is 9.61. The van der Waals surface area contributed by atoms with E-state index in [9.17, 15) is 9.59 Å². The van der Waals surface area contributed by atoms with Crippen molar-refractivity contribution in [3.05, 3.63) is 46.6 Å². The predicted molar refractivity (Wildman–Crippen MR) is 125 cm³/mol. The Balaban J connectivity index is 1.58. The molecule has 7 nitrogen and oxygen atoms in total. The van der Waals surface area contributed by atoms with Gasteiger partial charge in [-0.05, 0) is 38.0 Å². The molecule has 3 rings (SSSR count). The average molecular weight is 440 g/mol. The molecule has 0 bridgehead atoms. The summed E-state index contributed by atoms with van der Waals surface area (Å²) in [6.07, 6.45) is 1.03. The standard InChI is InChI=1S/C23H29N5O2S/c1-14-18(15(2)28(6)27-14)11-12-20(29)26-22-25-19(13-31-22)16-7-9-17(10-8-16)24-21(30)23(3,4)5/h7-10,13H,11-12H2,1-6H3,(H,24,30)(H,25,26,29). The van der Waals surface area contributed by atoms with E-state index in [1.54, 1.807) is 0 Å². The molecule has 0 aliphatic rings. The zero-order valence-electron chi connectivity index (χ0n) is 18.9. The second-order valence-electron chi connectivity index (χ2n) is 8.64. The van der Waals surface area contributed by atoms with Crippen LogP contribution in [0.25, 0.3) is 11.3 Å². The summed E-state index contributed by atoms with van der Waals surface area (Å²) in [5.74, 6) is -0.0978. The Kier molecular flexibility index (Phi) is 6.59. The molecule has 0 unspecified atom stereocenters. The Labute approximate surface area is 186 Å². The Morgan fingerprint density at radius 1 is 1.10 bits per heavy atom. The zero-order valence-corrected chi connectivity index (χ0v) is 19.7. The first-order valence-electron chi connectivity index (χ1n) is 10.2. The number of aromatic nitrogens is 3. The second-order valence-corrected chi connectivity index (χ2v) is 9.50. The van der Waals surface area contributed by atoms with Crippen LogP contribution in [0.3, 0.4) is 0 Å². The van der Waals surface area contributed by atoms with Gasteiger partial charge in [0.2, 0.25) is 11.8 Å². The summed E-state index contributed by atoms with van der Waals surface area (Å²) in [5.41, 5.74) is 5.18. The molecule has 0 fully saturated rings. The van der Waals surface area contributed by atoms with E-state index in [1.807, 2.05) is 76.0 Å². The summed E-state index contributed by atoms with van der Waals surface area (Å²) in [7, 11) is 1.91. The smallest absolute Gasteiger partial charge is 0.229 e. The van der Waals surface area contributed by atoms with Crippen molar-refractivity contribution in [1.82, 2.24) is 14.8 Å². The first-order valence-corrected chi connectivity index (χ1v) is 11.1. The van der Waals surface area contributed by atoms with Gasteiger partial charge in [0.05, 0.1) is 11.4 Å². The van der Waals surface area contributed by atoms with Gasteiger partial charge in [-0.1, -0.05) is 32.9 Å². The van der Waals surface area contributed by atoms with Crippen molar-refractivity contribution in [2.75, 3.05) is 10.6 Å². The Hall–Kier alpha value is -3.00. The fraction of sp³-hybridized carbons (Fsp3) is 0.391. The monoisotopic (exact) mass is 439 g/mol. The Morgan fingerprint density at radius 2 is 1.77 bits per heavy atom. The van der Waals surface area contributed by atoms with Crippen LogP contribution in [0.15, 0.2) is 29.6 Å². The lowest BCUT2D eigenvalue weighted by Crippen LogP contribution is -2.27. The number of carbonyl (C=O) groups excluding carboxylic acids is 2. The molecule has 0 aliphatic carbocycles. The van der Waals surface area contributed by atoms with Crippen molar-refractivity contribution in [3.8, 4) is 11.3 Å². The minimum atomic E-state index is -0.449. The van der Waals surface area contributed by atoms with Gasteiger partial charge in [0, 0.05) is 41.2 Å². The van der Waals surface area contributed by atoms with Crippen LogP contribution in [0, 0.1) is 19.3 Å². The number of aryl methyl sites for hydroxylation is 2. The number of anilines is 2. The van der Waals surface area contributed by atoms with Crippen molar-refractivity contribution in [2.45, 2.75) is 47.5 Å². The largest absolute Gasteiger partial charge is 0.326 e. The van der Waals surface area contributed by atoms with Gasteiger partial charge in [-0.2, -0.15) is 5.10 Å². The maximum Gasteiger partial charge on any atom is 0.229 e. The van der Waals surface area contributed by atoms with Crippen LogP contribution in [-0.4, -0.2) is 26.6 Å². The molecule has 31 heavy (non-hydrogen) atoms. The van der Waals surface area contributed by atoms with Crippen LogP contribution in [-0.2, 0) is 23.1 Å². The molecule has 0 atom stereocenters. The van der Waals surface area contributed by atoms with Crippen molar-refractivity contribution in [1.29, 1.82) is 0 Å². The summed E-state index contributed by atoms with van der Waals surface area (Å²) >= 11 is 1.39. The van der Waals surface area contributed by atoms with E-state index >= 15 is 0 Å². The highest BCUT2D eigenvalue weighted by atomic mass is 32.1. The molecule has 2 N–H and O–H groups in total. The van der Waals surface area contributed by atoms with Crippen LogP contribution in [0.2, 0.25) is 0 Å². The predicted octanol–water partition coefficient (Wildman–Crippen LogP) is 4.72. The van der Waals surface area contributed by atoms with E-state index in [2.05, 4.69) is 20.7 Å². The summed E-state index contributed by atoms with van der Waals surface area (Å²) in [6, 6.07) is 7.53. The molecular weight excluding hydrogens is 410 g/mol. The quantitative estimate of drug-likeness (QED) is 0.582. The highest BCUT2D eigenvalue weighted by Crippen LogP contribution is 2.27. The van der Waals surface area contributed by atoms with Crippen molar-refractivity contribution in [3.63, 3.8) is 0 Å². The van der Waals surface area contributed by atoms with Crippen LogP contribution in [0.4, 0.5) is 10.8 Å². The SMILES string of the molecule is Cc1nn(C)c(C)c1CCC(=O)Nc1nc(-c2ccc(NC(=O)C(C)(C)C)cc2)cs1. The molecule has 0 saturated heterocycles. The van der Waals surface area contributed by atoms with Gasteiger partial charge in [-0.3, -0.25) is 14.3 Å². The van der Waals surface area contributed by atoms with Crippen molar-refractivity contribution >= 4 is 34.0 Å². The summed E-state index contributed by atoms with van der Waals surface area (Å²) in [4.78, 5) is 29.0. The fourth-order valence-corrected chi connectivity index (χ4v) is 3.84. The van der Waals surface area contributed by atoms with Crippen molar-refractivity contribution in [2.24, 2.45) is 12.5 Å². The van der Waals surface area contributed by atoms with E-state index < -0.39 is 5.41 Å². The zero-order chi connectivity index (χ0) is 22.8. The van der Waals surface area contributed by atoms with E-state index in [0.717, 1.165) is 33.9 Å². The molecule has 3 aromatic rings. The van der Waals surface area contributed by atoms with Gasteiger partial charge in [-0.15, -0.1) is 11.3 Å². The maximum atomic E-state index is 12.4. The first kappa shape index (κ1) is 22.7. The highest BCUT2D eigenvalue weighted by Gasteiger charge is 2.21. The van der Waals surface area contributed by atoms with Gasteiger partial charge in [-0.25, -0.2) is 4.98 Å². The fourth-order valence-electron chi connectivity index (χ4n) is 3.11. The number of hydrogen-bond donors (Lipinski definition) is 2. The second kappa shape index (κ2) is 9.01. The third-order valence-electron chi connectivity index (χ3n) is 5.13. The van der Waals surface area contributed by atoms with Gasteiger partial charge in [0.25, 0.3) is 0 Å². The van der Waals surface area contributed by atoms with Crippen molar-refractivity contribution < 1.29 is 9.59 Å². The number of thiazole rings is 1. The summed E-state index contributed by atoms with van der Waals surface area (Å²) < 4.78 is 1.84. The third-order valence-corrected chi connectivity index (χ3v) is 5.89. The van der Waals surface area contributed by atoms with E-state index in [4.69, 9.17) is 0 Å². The Bertz CT molecular complexity index is 1090. The minimum Gasteiger partial charge on any atom is -0.326 e. The molecule has 2 amide bonds. The highest BCUT2D eigenvalue weighted by molar-refractivity contribution is 7.14.